The second-order valence-electron chi connectivity index (χ2n) is 3.40. The maximum Gasteiger partial charge on any atom is 0.237 e. The maximum atomic E-state index is 5.20. The first-order chi connectivity index (χ1) is 8.81. The van der Waals surface area contributed by atoms with Crippen molar-refractivity contribution < 1.29 is 4.52 Å². The molecule has 3 rings (SSSR count). The molecule has 0 N–H and O–H groups in total. The van der Waals surface area contributed by atoms with Crippen molar-refractivity contribution in [3.63, 3.8) is 0 Å². The minimum atomic E-state index is 0.606. The Labute approximate surface area is 115 Å². The van der Waals surface area contributed by atoms with E-state index < -0.39 is 0 Å². The van der Waals surface area contributed by atoms with Gasteiger partial charge >= 0.3 is 0 Å². The first kappa shape index (κ1) is 11.8. The largest absolute Gasteiger partial charge is 0.338 e. The molecule has 0 spiro atoms. The topological polar surface area (TPSA) is 64.7 Å². The fraction of sp³-hybridized carbons (Fsp3) is 0.200. The van der Waals surface area contributed by atoms with Crippen molar-refractivity contribution in [3.8, 4) is 11.4 Å². The van der Waals surface area contributed by atoms with Crippen molar-refractivity contribution in [2.24, 2.45) is 0 Å². The normalized spacial score (nSPS) is 10.9. The highest BCUT2D eigenvalue weighted by Crippen LogP contribution is 2.26. The van der Waals surface area contributed by atoms with Crippen molar-refractivity contribution in [1.29, 1.82) is 0 Å². The van der Waals surface area contributed by atoms with E-state index in [1.807, 2.05) is 23.8 Å². The fourth-order valence-electron chi connectivity index (χ4n) is 1.28. The third-order valence-corrected chi connectivity index (χ3v) is 4.71. The third kappa shape index (κ3) is 2.60. The quantitative estimate of drug-likeness (QED) is 0.689. The lowest BCUT2D eigenvalue weighted by molar-refractivity contribution is 0.391. The average molecular weight is 296 g/mol. The zero-order valence-electron chi connectivity index (χ0n) is 9.36. The molecule has 0 atom stereocenters. The summed E-state index contributed by atoms with van der Waals surface area (Å²) >= 11 is 4.73. The van der Waals surface area contributed by atoms with Crippen molar-refractivity contribution in [2.75, 3.05) is 0 Å². The van der Waals surface area contributed by atoms with Gasteiger partial charge in [0, 0.05) is 10.9 Å². The molecule has 5 nitrogen and oxygen atoms in total. The lowest BCUT2D eigenvalue weighted by Crippen LogP contribution is -1.81. The molecular weight excluding hydrogens is 288 g/mol. The fourth-order valence-corrected chi connectivity index (χ4v) is 3.57. The van der Waals surface area contributed by atoms with Gasteiger partial charge in [-0.05, 0) is 18.4 Å². The molecule has 18 heavy (non-hydrogen) atoms. The minimum absolute atomic E-state index is 0.606. The van der Waals surface area contributed by atoms with Crippen LogP contribution < -0.4 is 0 Å². The van der Waals surface area contributed by atoms with E-state index in [9.17, 15) is 0 Å². The van der Waals surface area contributed by atoms with E-state index in [-0.39, 0.29) is 0 Å². The van der Waals surface area contributed by atoms with E-state index in [1.54, 1.807) is 34.4 Å². The van der Waals surface area contributed by atoms with Crippen molar-refractivity contribution in [1.82, 2.24) is 20.3 Å². The number of aromatic nitrogens is 4. The third-order valence-electron chi connectivity index (χ3n) is 2.07. The van der Waals surface area contributed by atoms with Gasteiger partial charge in [-0.25, -0.2) is 0 Å². The molecule has 0 amide bonds. The maximum absolute atomic E-state index is 5.20. The summed E-state index contributed by atoms with van der Waals surface area (Å²) in [5, 5.41) is 16.9. The minimum Gasteiger partial charge on any atom is -0.338 e. The van der Waals surface area contributed by atoms with Gasteiger partial charge in [-0.3, -0.25) is 0 Å². The molecule has 0 saturated carbocycles. The summed E-state index contributed by atoms with van der Waals surface area (Å²) in [6, 6.07) is 1.97. The Hall–Kier alpha value is -1.25. The van der Waals surface area contributed by atoms with E-state index in [4.69, 9.17) is 4.52 Å². The first-order valence-electron chi connectivity index (χ1n) is 5.09. The molecule has 3 aromatic heterocycles. The van der Waals surface area contributed by atoms with Crippen molar-refractivity contribution in [2.45, 2.75) is 17.0 Å². The lowest BCUT2D eigenvalue weighted by atomic mass is 10.3. The monoisotopic (exact) mass is 296 g/mol. The van der Waals surface area contributed by atoms with Gasteiger partial charge < -0.3 is 4.52 Å². The van der Waals surface area contributed by atoms with Crippen LogP contribution in [0, 0.1) is 6.92 Å². The van der Waals surface area contributed by atoms with Crippen LogP contribution in [0.25, 0.3) is 11.4 Å². The van der Waals surface area contributed by atoms with Gasteiger partial charge in [-0.2, -0.15) is 16.3 Å². The SMILES string of the molecule is Cc1nnc(SCc2nc(-c3ccsc3)no2)s1. The van der Waals surface area contributed by atoms with Gasteiger partial charge in [-0.15, -0.1) is 10.2 Å². The number of thiophene rings is 1. The number of thioether (sulfide) groups is 1. The molecule has 0 unspecified atom stereocenters. The van der Waals surface area contributed by atoms with Crippen LogP contribution in [-0.4, -0.2) is 20.3 Å². The molecule has 0 aliphatic rings. The molecule has 92 valence electrons. The predicted molar refractivity (Wildman–Crippen MR) is 71.8 cm³/mol. The first-order valence-corrected chi connectivity index (χ1v) is 7.84. The number of rotatable bonds is 4. The summed E-state index contributed by atoms with van der Waals surface area (Å²) in [4.78, 5) is 4.34. The molecule has 0 aromatic carbocycles. The Morgan fingerprint density at radius 1 is 1.39 bits per heavy atom. The Kier molecular flexibility index (Phi) is 3.39. The highest BCUT2D eigenvalue weighted by atomic mass is 32.2. The van der Waals surface area contributed by atoms with Crippen LogP contribution >= 0.6 is 34.4 Å². The van der Waals surface area contributed by atoms with Gasteiger partial charge in [0.1, 0.15) is 5.01 Å². The highest BCUT2D eigenvalue weighted by molar-refractivity contribution is 8.00. The summed E-state index contributed by atoms with van der Waals surface area (Å²) in [5.41, 5.74) is 0.992. The van der Waals surface area contributed by atoms with E-state index in [2.05, 4.69) is 20.3 Å². The molecular formula is C10H8N4OS3. The predicted octanol–water partition coefficient (Wildman–Crippen LogP) is 3.25. The average Bonchev–Trinajstić information content (AvgIpc) is 3.07. The van der Waals surface area contributed by atoms with E-state index in [1.165, 1.54) is 0 Å². The molecule has 0 bridgehead atoms. The van der Waals surface area contributed by atoms with Crippen molar-refractivity contribution in [3.05, 3.63) is 27.7 Å². The second kappa shape index (κ2) is 5.17. The van der Waals surface area contributed by atoms with Gasteiger partial charge in [0.05, 0.1) is 5.75 Å². The summed E-state index contributed by atoms with van der Waals surface area (Å²) < 4.78 is 6.12. The molecule has 3 aromatic rings. The van der Waals surface area contributed by atoms with Crippen molar-refractivity contribution >= 4 is 34.4 Å². The van der Waals surface area contributed by atoms with Gasteiger partial charge in [0.15, 0.2) is 4.34 Å². The Morgan fingerprint density at radius 3 is 3.06 bits per heavy atom. The summed E-state index contributed by atoms with van der Waals surface area (Å²) in [6.45, 7) is 1.93. The van der Waals surface area contributed by atoms with Crippen LogP contribution in [0.5, 0.6) is 0 Å². The number of hydrogen-bond donors (Lipinski definition) is 0. The zero-order chi connectivity index (χ0) is 12.4. The van der Waals surface area contributed by atoms with Crippen LogP contribution in [0.2, 0.25) is 0 Å². The van der Waals surface area contributed by atoms with Crippen LogP contribution in [0.3, 0.4) is 0 Å². The Bertz CT molecular complexity index is 631. The number of hydrogen-bond acceptors (Lipinski definition) is 8. The Balaban J connectivity index is 1.67. The number of nitrogens with zero attached hydrogens (tertiary/aromatic N) is 4. The Morgan fingerprint density at radius 2 is 2.33 bits per heavy atom. The van der Waals surface area contributed by atoms with Gasteiger partial charge in [0.25, 0.3) is 0 Å². The van der Waals surface area contributed by atoms with Crippen LogP contribution in [0.1, 0.15) is 10.9 Å². The molecule has 8 heteroatoms. The molecule has 0 fully saturated rings. The number of aryl methyl sites for hydroxylation is 1. The lowest BCUT2D eigenvalue weighted by Gasteiger charge is -1.88. The summed E-state index contributed by atoms with van der Waals surface area (Å²) in [5.74, 6) is 1.86. The molecule has 0 saturated heterocycles. The van der Waals surface area contributed by atoms with Crippen LogP contribution in [0.15, 0.2) is 25.7 Å². The van der Waals surface area contributed by atoms with Gasteiger partial charge in [0.2, 0.25) is 11.7 Å². The van der Waals surface area contributed by atoms with Gasteiger partial charge in [-0.1, -0.05) is 28.3 Å². The van der Waals surface area contributed by atoms with E-state index in [0.717, 1.165) is 14.9 Å². The standard InChI is InChI=1S/C10H8N4OS3/c1-6-12-13-10(18-6)17-5-8-11-9(14-15-8)7-2-3-16-4-7/h2-4H,5H2,1H3. The smallest absolute Gasteiger partial charge is 0.237 e. The van der Waals surface area contributed by atoms with Crippen LogP contribution in [0.4, 0.5) is 0 Å². The van der Waals surface area contributed by atoms with E-state index in [0.29, 0.717) is 17.5 Å². The molecule has 0 radical (unpaired) electrons. The molecule has 3 heterocycles. The molecule has 0 aliphatic carbocycles. The zero-order valence-corrected chi connectivity index (χ0v) is 11.8. The highest BCUT2D eigenvalue weighted by Gasteiger charge is 2.10. The summed E-state index contributed by atoms with van der Waals surface area (Å²) in [7, 11) is 0. The molecule has 0 aliphatic heterocycles. The van der Waals surface area contributed by atoms with Crippen LogP contribution in [-0.2, 0) is 5.75 Å². The van der Waals surface area contributed by atoms with E-state index >= 15 is 0 Å². The summed E-state index contributed by atoms with van der Waals surface area (Å²) in [6.07, 6.45) is 0. The second-order valence-corrected chi connectivity index (χ2v) is 6.58.